The SMILES string of the molecule is C=C(C)CN(CC)C(=O)CN(CCO)C(C)C. The number of hydrogen-bond acceptors (Lipinski definition) is 3. The van der Waals surface area contributed by atoms with Crippen LogP contribution in [0.3, 0.4) is 0 Å². The van der Waals surface area contributed by atoms with E-state index in [2.05, 4.69) is 6.58 Å². The predicted octanol–water partition coefficient (Wildman–Crippen LogP) is 1.11. The highest BCUT2D eigenvalue weighted by Gasteiger charge is 2.17. The number of rotatable bonds is 8. The normalized spacial score (nSPS) is 11.0. The summed E-state index contributed by atoms with van der Waals surface area (Å²) in [4.78, 5) is 15.8. The minimum atomic E-state index is 0.0814. The van der Waals surface area contributed by atoms with Gasteiger partial charge in [-0.15, -0.1) is 0 Å². The first-order valence-corrected chi connectivity index (χ1v) is 6.19. The molecule has 0 saturated carbocycles. The molecule has 0 saturated heterocycles. The zero-order chi connectivity index (χ0) is 13.4. The van der Waals surface area contributed by atoms with Crippen molar-refractivity contribution in [3.05, 3.63) is 12.2 Å². The Hall–Kier alpha value is -0.870. The second kappa shape index (κ2) is 8.25. The summed E-state index contributed by atoms with van der Waals surface area (Å²) in [6, 6.07) is 0.259. The molecule has 0 rings (SSSR count). The fourth-order valence-electron chi connectivity index (χ4n) is 1.62. The number of carbonyl (C=O) groups is 1. The van der Waals surface area contributed by atoms with Crippen LogP contribution in [0, 0.1) is 0 Å². The second-order valence-corrected chi connectivity index (χ2v) is 4.65. The van der Waals surface area contributed by atoms with Gasteiger partial charge in [-0.05, 0) is 27.7 Å². The van der Waals surface area contributed by atoms with Crippen LogP contribution >= 0.6 is 0 Å². The van der Waals surface area contributed by atoms with Crippen LogP contribution in [0.4, 0.5) is 0 Å². The van der Waals surface area contributed by atoms with Crippen LogP contribution in [0.2, 0.25) is 0 Å². The van der Waals surface area contributed by atoms with Crippen LogP contribution < -0.4 is 0 Å². The van der Waals surface area contributed by atoms with E-state index in [1.807, 2.05) is 32.6 Å². The summed E-state index contributed by atoms with van der Waals surface area (Å²) in [7, 11) is 0. The third-order valence-electron chi connectivity index (χ3n) is 2.65. The number of aliphatic hydroxyl groups is 1. The topological polar surface area (TPSA) is 43.8 Å². The molecule has 0 aromatic carbocycles. The minimum Gasteiger partial charge on any atom is -0.395 e. The molecular formula is C13H26N2O2. The Morgan fingerprint density at radius 1 is 1.35 bits per heavy atom. The maximum atomic E-state index is 12.1. The van der Waals surface area contributed by atoms with Crippen molar-refractivity contribution in [1.82, 2.24) is 9.80 Å². The van der Waals surface area contributed by atoms with E-state index in [1.165, 1.54) is 0 Å². The van der Waals surface area contributed by atoms with E-state index in [0.29, 0.717) is 26.2 Å². The summed E-state index contributed by atoms with van der Waals surface area (Å²) in [6.07, 6.45) is 0. The number of amides is 1. The van der Waals surface area contributed by atoms with Crippen molar-refractivity contribution >= 4 is 5.91 Å². The van der Waals surface area contributed by atoms with Crippen LogP contribution in [0.5, 0.6) is 0 Å². The number of likely N-dealkylation sites (N-methyl/N-ethyl adjacent to an activating group) is 1. The van der Waals surface area contributed by atoms with Crippen molar-refractivity contribution in [2.75, 3.05) is 32.8 Å². The van der Waals surface area contributed by atoms with Crippen LogP contribution in [-0.4, -0.2) is 59.6 Å². The first kappa shape index (κ1) is 16.1. The molecule has 0 spiro atoms. The third kappa shape index (κ3) is 6.44. The first-order valence-electron chi connectivity index (χ1n) is 6.19. The Morgan fingerprint density at radius 2 is 1.94 bits per heavy atom. The van der Waals surface area contributed by atoms with Crippen molar-refractivity contribution in [2.45, 2.75) is 33.7 Å². The van der Waals surface area contributed by atoms with E-state index < -0.39 is 0 Å². The Balaban J connectivity index is 4.40. The summed E-state index contributed by atoms with van der Waals surface area (Å²) in [5.74, 6) is 0.0950. The van der Waals surface area contributed by atoms with Gasteiger partial charge in [0.25, 0.3) is 0 Å². The van der Waals surface area contributed by atoms with Gasteiger partial charge in [0.05, 0.1) is 13.2 Å². The maximum Gasteiger partial charge on any atom is 0.237 e. The van der Waals surface area contributed by atoms with Gasteiger partial charge in [0.1, 0.15) is 0 Å². The molecule has 0 atom stereocenters. The molecule has 0 fully saturated rings. The van der Waals surface area contributed by atoms with E-state index >= 15 is 0 Å². The predicted molar refractivity (Wildman–Crippen MR) is 70.9 cm³/mol. The lowest BCUT2D eigenvalue weighted by molar-refractivity contribution is -0.132. The zero-order valence-corrected chi connectivity index (χ0v) is 11.6. The Kier molecular flexibility index (Phi) is 7.83. The van der Waals surface area contributed by atoms with Gasteiger partial charge in [-0.3, -0.25) is 9.69 Å². The summed E-state index contributed by atoms with van der Waals surface area (Å²) < 4.78 is 0. The largest absolute Gasteiger partial charge is 0.395 e. The Bertz CT molecular complexity index is 252. The van der Waals surface area contributed by atoms with Crippen LogP contribution in [0.15, 0.2) is 12.2 Å². The highest BCUT2D eigenvalue weighted by molar-refractivity contribution is 5.78. The quantitative estimate of drug-likeness (QED) is 0.649. The van der Waals surface area contributed by atoms with Gasteiger partial charge in [-0.1, -0.05) is 12.2 Å². The van der Waals surface area contributed by atoms with Gasteiger partial charge in [-0.2, -0.15) is 0 Å². The zero-order valence-electron chi connectivity index (χ0n) is 11.6. The molecule has 0 heterocycles. The van der Waals surface area contributed by atoms with E-state index in [0.717, 1.165) is 5.57 Å². The van der Waals surface area contributed by atoms with Crippen molar-refractivity contribution in [3.8, 4) is 0 Å². The fourth-order valence-corrected chi connectivity index (χ4v) is 1.62. The molecule has 17 heavy (non-hydrogen) atoms. The number of nitrogens with zero attached hydrogens (tertiary/aromatic N) is 2. The first-order chi connectivity index (χ1) is 7.92. The fraction of sp³-hybridized carbons (Fsp3) is 0.769. The highest BCUT2D eigenvalue weighted by atomic mass is 16.3. The van der Waals surface area contributed by atoms with Gasteiger partial charge in [0.2, 0.25) is 5.91 Å². The monoisotopic (exact) mass is 242 g/mol. The smallest absolute Gasteiger partial charge is 0.237 e. The number of hydrogen-bond donors (Lipinski definition) is 1. The number of carbonyl (C=O) groups excluding carboxylic acids is 1. The Morgan fingerprint density at radius 3 is 2.29 bits per heavy atom. The van der Waals surface area contributed by atoms with Crippen molar-refractivity contribution in [1.29, 1.82) is 0 Å². The van der Waals surface area contributed by atoms with Crippen molar-refractivity contribution < 1.29 is 9.90 Å². The lowest BCUT2D eigenvalue weighted by atomic mass is 10.2. The third-order valence-corrected chi connectivity index (χ3v) is 2.65. The molecule has 4 nitrogen and oxygen atoms in total. The Labute approximate surface area is 105 Å². The molecule has 0 radical (unpaired) electrons. The molecular weight excluding hydrogens is 216 g/mol. The molecule has 1 N–H and O–H groups in total. The van der Waals surface area contributed by atoms with Crippen LogP contribution in [0.1, 0.15) is 27.7 Å². The molecule has 0 aromatic rings. The summed E-state index contributed by atoms with van der Waals surface area (Å²) in [5.41, 5.74) is 0.985. The average molecular weight is 242 g/mol. The van der Waals surface area contributed by atoms with Gasteiger partial charge < -0.3 is 10.0 Å². The number of aliphatic hydroxyl groups excluding tert-OH is 1. The van der Waals surface area contributed by atoms with Gasteiger partial charge in [0.15, 0.2) is 0 Å². The van der Waals surface area contributed by atoms with Crippen LogP contribution in [-0.2, 0) is 4.79 Å². The van der Waals surface area contributed by atoms with E-state index in [1.54, 1.807) is 4.90 Å². The maximum absolute atomic E-state index is 12.1. The molecule has 0 aliphatic heterocycles. The van der Waals surface area contributed by atoms with E-state index in [4.69, 9.17) is 5.11 Å². The molecule has 0 aliphatic carbocycles. The van der Waals surface area contributed by atoms with Crippen LogP contribution in [0.25, 0.3) is 0 Å². The van der Waals surface area contributed by atoms with Crippen molar-refractivity contribution in [3.63, 3.8) is 0 Å². The van der Waals surface area contributed by atoms with Gasteiger partial charge in [-0.25, -0.2) is 0 Å². The average Bonchev–Trinajstić information content (AvgIpc) is 2.24. The molecule has 0 aromatic heterocycles. The molecule has 0 unspecified atom stereocenters. The van der Waals surface area contributed by atoms with Gasteiger partial charge >= 0.3 is 0 Å². The molecule has 100 valence electrons. The standard InChI is InChI=1S/C13H26N2O2/c1-6-14(9-11(2)3)13(17)10-15(7-8-16)12(4)5/h12,16H,2,6-10H2,1,3-5H3. The van der Waals surface area contributed by atoms with Crippen molar-refractivity contribution in [2.24, 2.45) is 0 Å². The molecule has 1 amide bonds. The lowest BCUT2D eigenvalue weighted by Gasteiger charge is -2.28. The second-order valence-electron chi connectivity index (χ2n) is 4.65. The summed E-state index contributed by atoms with van der Waals surface area (Å²) in [6.45, 7) is 14.0. The highest BCUT2D eigenvalue weighted by Crippen LogP contribution is 2.02. The lowest BCUT2D eigenvalue weighted by Crippen LogP contribution is -2.44. The minimum absolute atomic E-state index is 0.0814. The van der Waals surface area contributed by atoms with E-state index in [-0.39, 0.29) is 18.6 Å². The molecule has 0 aliphatic rings. The summed E-state index contributed by atoms with van der Waals surface area (Å²) >= 11 is 0. The van der Waals surface area contributed by atoms with E-state index in [9.17, 15) is 4.79 Å². The summed E-state index contributed by atoms with van der Waals surface area (Å²) in [5, 5.41) is 8.96. The van der Waals surface area contributed by atoms with Gasteiger partial charge in [0, 0.05) is 25.7 Å². The molecule has 4 heteroatoms. The molecule has 0 bridgehead atoms.